The van der Waals surface area contributed by atoms with Crippen LogP contribution in [0.2, 0.25) is 0 Å². The van der Waals surface area contributed by atoms with Crippen LogP contribution in [0, 0.1) is 5.82 Å². The number of rotatable bonds is 6. The van der Waals surface area contributed by atoms with Crippen molar-refractivity contribution in [1.29, 1.82) is 0 Å². The van der Waals surface area contributed by atoms with E-state index in [4.69, 9.17) is 9.47 Å². The van der Waals surface area contributed by atoms with Gasteiger partial charge in [-0.1, -0.05) is 18.2 Å². The Labute approximate surface area is 143 Å². The van der Waals surface area contributed by atoms with Gasteiger partial charge in [-0.15, -0.1) is 0 Å². The van der Waals surface area contributed by atoms with Crippen LogP contribution in [-0.4, -0.2) is 67.8 Å². The zero-order valence-corrected chi connectivity index (χ0v) is 14.9. The van der Waals surface area contributed by atoms with Gasteiger partial charge >= 0.3 is 0 Å². The Bertz CT molecular complexity index is 563. The highest BCUT2D eigenvalue weighted by Gasteiger charge is 2.33. The smallest absolute Gasteiger partial charge is 0.248 e. The van der Waals surface area contributed by atoms with E-state index in [1.807, 2.05) is 19.9 Å². The summed E-state index contributed by atoms with van der Waals surface area (Å²) in [4.78, 5) is 15.2. The van der Waals surface area contributed by atoms with E-state index in [1.54, 1.807) is 26.2 Å². The second-order valence-corrected chi connectivity index (χ2v) is 7.06. The maximum atomic E-state index is 13.9. The van der Waals surface area contributed by atoms with Crippen molar-refractivity contribution < 1.29 is 18.7 Å². The SMILES string of the molecule is CN(C)C(=O)COC[C@@H]1CN(Cc2ccccc2F)CC(C)(C)O1. The number of carbonyl (C=O) groups excluding carboxylic acids is 1. The molecular formula is C18H27FN2O3. The summed E-state index contributed by atoms with van der Waals surface area (Å²) in [6.45, 7) is 6.31. The molecule has 0 N–H and O–H groups in total. The number of carbonyl (C=O) groups is 1. The molecular weight excluding hydrogens is 311 g/mol. The van der Waals surface area contributed by atoms with E-state index < -0.39 is 0 Å². The zero-order valence-electron chi connectivity index (χ0n) is 14.9. The summed E-state index contributed by atoms with van der Waals surface area (Å²) in [5.41, 5.74) is 0.334. The predicted octanol–water partition coefficient (Wildman–Crippen LogP) is 1.91. The molecule has 0 bridgehead atoms. The van der Waals surface area contributed by atoms with Crippen molar-refractivity contribution in [2.24, 2.45) is 0 Å². The fourth-order valence-corrected chi connectivity index (χ4v) is 2.90. The van der Waals surface area contributed by atoms with Gasteiger partial charge in [0, 0.05) is 39.3 Å². The number of hydrogen-bond acceptors (Lipinski definition) is 4. The maximum Gasteiger partial charge on any atom is 0.248 e. The van der Waals surface area contributed by atoms with Gasteiger partial charge in [0.15, 0.2) is 0 Å². The number of halogens is 1. The van der Waals surface area contributed by atoms with Crippen molar-refractivity contribution in [2.45, 2.75) is 32.1 Å². The molecule has 1 amide bonds. The molecule has 0 spiro atoms. The average molecular weight is 338 g/mol. The normalized spacial score (nSPS) is 20.8. The Morgan fingerprint density at radius 1 is 1.42 bits per heavy atom. The largest absolute Gasteiger partial charge is 0.369 e. The van der Waals surface area contributed by atoms with Gasteiger partial charge < -0.3 is 14.4 Å². The van der Waals surface area contributed by atoms with Gasteiger partial charge in [0.25, 0.3) is 0 Å². The molecule has 0 aromatic heterocycles. The summed E-state index contributed by atoms with van der Waals surface area (Å²) >= 11 is 0. The standard InChI is InChI=1S/C18H27FN2O3/c1-18(2)13-21(9-14-7-5-6-8-16(14)19)10-15(24-18)11-23-12-17(22)20(3)4/h5-8,15H,9-13H2,1-4H3/t15-/m0/s1. The van der Waals surface area contributed by atoms with Crippen molar-refractivity contribution in [2.75, 3.05) is 40.4 Å². The van der Waals surface area contributed by atoms with Gasteiger partial charge in [0.1, 0.15) is 12.4 Å². The van der Waals surface area contributed by atoms with Crippen LogP contribution in [0.5, 0.6) is 0 Å². The van der Waals surface area contributed by atoms with Gasteiger partial charge in [-0.25, -0.2) is 4.39 Å². The van der Waals surface area contributed by atoms with Gasteiger partial charge in [-0.05, 0) is 19.9 Å². The van der Waals surface area contributed by atoms with Crippen molar-refractivity contribution in [1.82, 2.24) is 9.80 Å². The third kappa shape index (κ3) is 5.54. The van der Waals surface area contributed by atoms with Gasteiger partial charge in [-0.2, -0.15) is 0 Å². The molecule has 1 aliphatic heterocycles. The quantitative estimate of drug-likeness (QED) is 0.795. The molecule has 1 atom stereocenters. The highest BCUT2D eigenvalue weighted by molar-refractivity contribution is 5.76. The van der Waals surface area contributed by atoms with Crippen molar-refractivity contribution in [3.8, 4) is 0 Å². The Hall–Kier alpha value is -1.50. The minimum absolute atomic E-state index is 0.0423. The first-order valence-corrected chi connectivity index (χ1v) is 8.18. The fraction of sp³-hybridized carbons (Fsp3) is 0.611. The molecule has 0 saturated carbocycles. The summed E-state index contributed by atoms with van der Waals surface area (Å²) in [5, 5.41) is 0. The van der Waals surface area contributed by atoms with Crippen LogP contribution in [-0.2, 0) is 20.8 Å². The van der Waals surface area contributed by atoms with Crippen LogP contribution < -0.4 is 0 Å². The van der Waals surface area contributed by atoms with E-state index in [9.17, 15) is 9.18 Å². The number of nitrogens with zero attached hydrogens (tertiary/aromatic N) is 2. The third-order valence-electron chi connectivity index (χ3n) is 3.93. The lowest BCUT2D eigenvalue weighted by atomic mass is 10.0. The second-order valence-electron chi connectivity index (χ2n) is 7.06. The fourth-order valence-electron chi connectivity index (χ4n) is 2.90. The number of ether oxygens (including phenoxy) is 2. The molecule has 134 valence electrons. The second kappa shape index (κ2) is 8.05. The molecule has 1 saturated heterocycles. The van der Waals surface area contributed by atoms with Crippen molar-refractivity contribution in [3.05, 3.63) is 35.6 Å². The molecule has 2 rings (SSSR count). The Balaban J connectivity index is 1.91. The molecule has 24 heavy (non-hydrogen) atoms. The molecule has 1 aliphatic rings. The lowest BCUT2D eigenvalue weighted by Crippen LogP contribution is -2.53. The van der Waals surface area contributed by atoms with E-state index in [0.717, 1.165) is 0 Å². The van der Waals surface area contributed by atoms with Crippen molar-refractivity contribution >= 4 is 5.91 Å². The molecule has 6 heteroatoms. The summed E-state index contributed by atoms with van der Waals surface area (Å²) in [5.74, 6) is -0.264. The van der Waals surface area contributed by atoms with E-state index in [2.05, 4.69) is 4.90 Å². The lowest BCUT2D eigenvalue weighted by Gasteiger charge is -2.42. The van der Waals surface area contributed by atoms with E-state index >= 15 is 0 Å². The number of amides is 1. The van der Waals surface area contributed by atoms with Crippen LogP contribution in [0.4, 0.5) is 4.39 Å². The van der Waals surface area contributed by atoms with E-state index in [-0.39, 0.29) is 30.0 Å². The summed E-state index contributed by atoms with van der Waals surface area (Å²) in [6.07, 6.45) is -0.143. The number of likely N-dealkylation sites (N-methyl/N-ethyl adjacent to an activating group) is 1. The first-order valence-electron chi connectivity index (χ1n) is 8.18. The highest BCUT2D eigenvalue weighted by atomic mass is 19.1. The van der Waals surface area contributed by atoms with Gasteiger partial charge in [0.2, 0.25) is 5.91 Å². The Morgan fingerprint density at radius 2 is 2.12 bits per heavy atom. The molecule has 1 aromatic carbocycles. The maximum absolute atomic E-state index is 13.9. The minimum Gasteiger partial charge on any atom is -0.369 e. The number of hydrogen-bond donors (Lipinski definition) is 0. The molecule has 1 heterocycles. The van der Waals surface area contributed by atoms with E-state index in [1.165, 1.54) is 11.0 Å². The van der Waals surface area contributed by atoms with Crippen molar-refractivity contribution in [3.63, 3.8) is 0 Å². The molecule has 1 fully saturated rings. The van der Waals surface area contributed by atoms with Gasteiger partial charge in [-0.3, -0.25) is 9.69 Å². The molecule has 1 aromatic rings. The minimum atomic E-state index is -0.344. The highest BCUT2D eigenvalue weighted by Crippen LogP contribution is 2.23. The number of morpholine rings is 1. The van der Waals surface area contributed by atoms with E-state index in [0.29, 0.717) is 31.8 Å². The first kappa shape index (κ1) is 18.8. The lowest BCUT2D eigenvalue weighted by molar-refractivity contribution is -0.161. The Morgan fingerprint density at radius 3 is 2.79 bits per heavy atom. The average Bonchev–Trinajstić information content (AvgIpc) is 2.48. The van der Waals surface area contributed by atoms with Gasteiger partial charge in [0.05, 0.1) is 18.3 Å². The van der Waals surface area contributed by atoms with Crippen LogP contribution in [0.25, 0.3) is 0 Å². The molecule has 0 aliphatic carbocycles. The van der Waals surface area contributed by atoms with Crippen LogP contribution in [0.1, 0.15) is 19.4 Å². The van der Waals surface area contributed by atoms with Crippen LogP contribution in [0.3, 0.4) is 0 Å². The number of benzene rings is 1. The monoisotopic (exact) mass is 338 g/mol. The molecule has 0 radical (unpaired) electrons. The topological polar surface area (TPSA) is 42.0 Å². The molecule has 5 nitrogen and oxygen atoms in total. The first-order chi connectivity index (χ1) is 11.3. The summed E-state index contributed by atoms with van der Waals surface area (Å²) in [7, 11) is 3.39. The zero-order chi connectivity index (χ0) is 17.7. The van der Waals surface area contributed by atoms with Crippen LogP contribution >= 0.6 is 0 Å². The Kier molecular flexibility index (Phi) is 6.32. The van der Waals surface area contributed by atoms with Crippen LogP contribution in [0.15, 0.2) is 24.3 Å². The summed E-state index contributed by atoms with van der Waals surface area (Å²) in [6, 6.07) is 6.82. The molecule has 0 unspecified atom stereocenters. The predicted molar refractivity (Wildman–Crippen MR) is 90.1 cm³/mol. The third-order valence-corrected chi connectivity index (χ3v) is 3.93. The summed E-state index contributed by atoms with van der Waals surface area (Å²) < 4.78 is 25.4.